The lowest BCUT2D eigenvalue weighted by molar-refractivity contribution is 0.599. The summed E-state index contributed by atoms with van der Waals surface area (Å²) < 4.78 is 39.6. The molecule has 0 spiro atoms. The third-order valence-electron chi connectivity index (χ3n) is 2.09. The Hall–Kier alpha value is -1.47. The largest absolute Gasteiger partial charge is 0.263 e. The second kappa shape index (κ2) is 5.03. The van der Waals surface area contributed by atoms with Gasteiger partial charge in [0.05, 0.1) is 4.90 Å². The van der Waals surface area contributed by atoms with Crippen molar-refractivity contribution in [3.8, 4) is 0 Å². The molecule has 0 unspecified atom stereocenters. The molecule has 1 N–H and O–H groups in total. The number of sulfonamides is 1. The van der Waals surface area contributed by atoms with Crippen LogP contribution in [0.1, 0.15) is 0 Å². The van der Waals surface area contributed by atoms with Crippen LogP contribution < -0.4 is 4.72 Å². The van der Waals surface area contributed by atoms with Crippen molar-refractivity contribution < 1.29 is 12.8 Å². The van der Waals surface area contributed by atoms with Crippen LogP contribution in [0.4, 0.5) is 10.2 Å². The van der Waals surface area contributed by atoms with E-state index in [0.717, 1.165) is 16.6 Å². The molecule has 0 saturated carbocycles. The fourth-order valence-electron chi connectivity index (χ4n) is 1.25. The molecule has 0 aliphatic carbocycles. The summed E-state index contributed by atoms with van der Waals surface area (Å²) in [7, 11) is -3.74. The zero-order chi connectivity index (χ0) is 13.2. The number of nitrogens with zero attached hydrogens (tertiary/aromatic N) is 1. The van der Waals surface area contributed by atoms with E-state index < -0.39 is 15.8 Å². The zero-order valence-corrected chi connectivity index (χ0v) is 11.4. The second-order valence-electron chi connectivity index (χ2n) is 3.42. The molecule has 2 rings (SSSR count). The van der Waals surface area contributed by atoms with E-state index in [9.17, 15) is 12.8 Å². The smallest absolute Gasteiger partial charge is 0.263 e. The number of anilines is 1. The average Bonchev–Trinajstić information content (AvgIpc) is 2.32. The summed E-state index contributed by atoms with van der Waals surface area (Å²) in [4.78, 5) is 3.88. The maximum atomic E-state index is 12.7. The predicted octanol–water partition coefficient (Wildman–Crippen LogP) is 2.78. The van der Waals surface area contributed by atoms with Gasteiger partial charge in [-0.1, -0.05) is 0 Å². The molecule has 0 fully saturated rings. The highest BCUT2D eigenvalue weighted by Gasteiger charge is 2.14. The summed E-state index contributed by atoms with van der Waals surface area (Å²) in [6.45, 7) is 0. The highest BCUT2D eigenvalue weighted by atomic mass is 79.9. The molecule has 0 amide bonds. The fraction of sp³-hybridized carbons (Fsp3) is 0. The molecule has 4 nitrogen and oxygen atoms in total. The van der Waals surface area contributed by atoms with Crippen LogP contribution in [0.15, 0.2) is 52.0 Å². The number of nitrogens with one attached hydrogen (secondary N) is 1. The maximum absolute atomic E-state index is 12.7. The van der Waals surface area contributed by atoms with Gasteiger partial charge in [0, 0.05) is 10.7 Å². The van der Waals surface area contributed by atoms with E-state index in [4.69, 9.17) is 0 Å². The highest BCUT2D eigenvalue weighted by molar-refractivity contribution is 9.10. The van der Waals surface area contributed by atoms with Crippen LogP contribution in [0, 0.1) is 5.82 Å². The molecule has 0 bridgehead atoms. The van der Waals surface area contributed by atoms with Crippen molar-refractivity contribution in [2.24, 2.45) is 0 Å². The summed E-state index contributed by atoms with van der Waals surface area (Å²) in [6.07, 6.45) is 1.47. The first kappa shape index (κ1) is 13.0. The van der Waals surface area contributed by atoms with E-state index in [1.165, 1.54) is 24.4 Å². The van der Waals surface area contributed by atoms with Crippen LogP contribution in [0.25, 0.3) is 0 Å². The molecule has 7 heteroatoms. The summed E-state index contributed by atoms with van der Waals surface area (Å²) in [5.74, 6) is -0.293. The van der Waals surface area contributed by atoms with Gasteiger partial charge in [-0.25, -0.2) is 17.8 Å². The molecular weight excluding hydrogens is 323 g/mol. The minimum absolute atomic E-state index is 0.0198. The van der Waals surface area contributed by atoms with Crippen molar-refractivity contribution >= 4 is 31.8 Å². The van der Waals surface area contributed by atoms with E-state index in [1.54, 1.807) is 6.07 Å². The van der Waals surface area contributed by atoms with Gasteiger partial charge >= 0.3 is 0 Å². The Labute approximate surface area is 112 Å². The van der Waals surface area contributed by atoms with Crippen molar-refractivity contribution in [1.29, 1.82) is 0 Å². The number of rotatable bonds is 3. The van der Waals surface area contributed by atoms with Gasteiger partial charge in [-0.15, -0.1) is 0 Å². The topological polar surface area (TPSA) is 59.1 Å². The quantitative estimate of drug-likeness (QED) is 0.941. The van der Waals surface area contributed by atoms with Crippen molar-refractivity contribution in [2.45, 2.75) is 4.90 Å². The molecule has 1 aromatic carbocycles. The van der Waals surface area contributed by atoms with Crippen molar-refractivity contribution in [3.63, 3.8) is 0 Å². The molecule has 0 radical (unpaired) electrons. The average molecular weight is 331 g/mol. The zero-order valence-electron chi connectivity index (χ0n) is 8.97. The van der Waals surface area contributed by atoms with Crippen LogP contribution >= 0.6 is 15.9 Å². The number of halogens is 2. The van der Waals surface area contributed by atoms with E-state index in [0.29, 0.717) is 0 Å². The molecule has 2 aromatic rings. The molecular formula is C11H8BrFN2O2S. The molecule has 0 aliphatic rings. The molecule has 94 valence electrons. The number of pyridine rings is 1. The third-order valence-corrected chi connectivity index (χ3v) is 3.93. The lowest BCUT2D eigenvalue weighted by Gasteiger charge is -2.06. The Balaban J connectivity index is 2.27. The van der Waals surface area contributed by atoms with E-state index in [-0.39, 0.29) is 10.7 Å². The van der Waals surface area contributed by atoms with Crippen molar-refractivity contribution in [3.05, 3.63) is 52.9 Å². The normalized spacial score (nSPS) is 11.2. The summed E-state index contributed by atoms with van der Waals surface area (Å²) in [5, 5.41) is 0. The molecule has 18 heavy (non-hydrogen) atoms. The monoisotopic (exact) mass is 330 g/mol. The van der Waals surface area contributed by atoms with Crippen LogP contribution in [-0.2, 0) is 10.0 Å². The molecule has 1 heterocycles. The van der Waals surface area contributed by atoms with E-state index in [1.807, 2.05) is 0 Å². The first-order valence-electron chi connectivity index (χ1n) is 4.87. The first-order valence-corrected chi connectivity index (χ1v) is 7.15. The van der Waals surface area contributed by atoms with E-state index >= 15 is 0 Å². The lowest BCUT2D eigenvalue weighted by Crippen LogP contribution is -2.13. The number of aromatic nitrogens is 1. The van der Waals surface area contributed by atoms with Gasteiger partial charge in [0.15, 0.2) is 0 Å². The Bertz CT molecular complexity index is 642. The minimum Gasteiger partial charge on any atom is -0.263 e. The second-order valence-corrected chi connectivity index (χ2v) is 6.02. The van der Waals surface area contributed by atoms with Crippen LogP contribution in [0.2, 0.25) is 0 Å². The van der Waals surface area contributed by atoms with Crippen molar-refractivity contribution in [2.75, 3.05) is 4.72 Å². The molecule has 0 atom stereocenters. The highest BCUT2D eigenvalue weighted by Crippen LogP contribution is 2.16. The van der Waals surface area contributed by atoms with Gasteiger partial charge in [-0.05, 0) is 52.3 Å². The minimum atomic E-state index is -3.74. The fourth-order valence-corrected chi connectivity index (χ4v) is 2.49. The number of benzene rings is 1. The van der Waals surface area contributed by atoms with Crippen LogP contribution in [0.3, 0.4) is 0 Å². The SMILES string of the molecule is O=S(=O)(Nc1ccc(Br)cn1)c1ccc(F)cc1. The van der Waals surface area contributed by atoms with Gasteiger partial charge in [0.2, 0.25) is 0 Å². The van der Waals surface area contributed by atoms with Gasteiger partial charge < -0.3 is 0 Å². The van der Waals surface area contributed by atoms with Crippen LogP contribution in [-0.4, -0.2) is 13.4 Å². The van der Waals surface area contributed by atoms with Gasteiger partial charge in [-0.2, -0.15) is 0 Å². The Kier molecular flexibility index (Phi) is 3.63. The van der Waals surface area contributed by atoms with Gasteiger partial charge in [0.25, 0.3) is 10.0 Å². The number of hydrogen-bond donors (Lipinski definition) is 1. The summed E-state index contributed by atoms with van der Waals surface area (Å²) in [5.41, 5.74) is 0. The Morgan fingerprint density at radius 3 is 2.33 bits per heavy atom. The standard InChI is InChI=1S/C11H8BrFN2O2S/c12-8-1-6-11(14-7-8)15-18(16,17)10-4-2-9(13)3-5-10/h1-7H,(H,14,15). The van der Waals surface area contributed by atoms with E-state index in [2.05, 4.69) is 25.6 Å². The number of hydrogen-bond acceptors (Lipinski definition) is 3. The van der Waals surface area contributed by atoms with Crippen molar-refractivity contribution in [1.82, 2.24) is 4.98 Å². The van der Waals surface area contributed by atoms with Gasteiger partial charge in [0.1, 0.15) is 11.6 Å². The summed E-state index contributed by atoms with van der Waals surface area (Å²) in [6, 6.07) is 7.74. The summed E-state index contributed by atoms with van der Waals surface area (Å²) >= 11 is 3.20. The Morgan fingerprint density at radius 2 is 1.78 bits per heavy atom. The maximum Gasteiger partial charge on any atom is 0.263 e. The van der Waals surface area contributed by atoms with Crippen LogP contribution in [0.5, 0.6) is 0 Å². The molecule has 1 aromatic heterocycles. The first-order chi connectivity index (χ1) is 8.47. The van der Waals surface area contributed by atoms with Gasteiger partial charge in [-0.3, -0.25) is 4.72 Å². The molecule has 0 aliphatic heterocycles. The Morgan fingerprint density at radius 1 is 1.11 bits per heavy atom. The molecule has 0 saturated heterocycles. The predicted molar refractivity (Wildman–Crippen MR) is 69.1 cm³/mol. The third kappa shape index (κ3) is 3.05. The lowest BCUT2D eigenvalue weighted by atomic mass is 10.4.